The number of nitrogens with one attached hydrogen (secondary N) is 3. The molecule has 6 nitrogen and oxygen atoms in total. The molecular formula is C17H22N4O2. The van der Waals surface area contributed by atoms with Gasteiger partial charge in [-0.3, -0.25) is 5.32 Å². The van der Waals surface area contributed by atoms with E-state index in [1.807, 2.05) is 18.2 Å². The summed E-state index contributed by atoms with van der Waals surface area (Å²) >= 11 is 0. The number of rotatable bonds is 5. The van der Waals surface area contributed by atoms with Crippen molar-refractivity contribution >= 4 is 17.5 Å². The highest BCUT2D eigenvalue weighted by Crippen LogP contribution is 2.17. The molecule has 2 heterocycles. The van der Waals surface area contributed by atoms with Crippen LogP contribution in [0.4, 0.5) is 16.3 Å². The van der Waals surface area contributed by atoms with Gasteiger partial charge in [-0.1, -0.05) is 19.3 Å². The second-order valence-electron chi connectivity index (χ2n) is 5.80. The van der Waals surface area contributed by atoms with Crippen LogP contribution >= 0.6 is 0 Å². The molecular weight excluding hydrogens is 292 g/mol. The summed E-state index contributed by atoms with van der Waals surface area (Å²) in [7, 11) is 0. The largest absolute Gasteiger partial charge is 0.467 e. The number of nitrogens with zero attached hydrogens (tertiary/aromatic N) is 1. The molecule has 23 heavy (non-hydrogen) atoms. The number of urea groups is 1. The molecule has 1 aliphatic carbocycles. The van der Waals surface area contributed by atoms with Gasteiger partial charge in [-0.2, -0.15) is 0 Å². The fourth-order valence-electron chi connectivity index (χ4n) is 2.76. The summed E-state index contributed by atoms with van der Waals surface area (Å²) in [4.78, 5) is 16.2. The zero-order valence-electron chi connectivity index (χ0n) is 13.0. The van der Waals surface area contributed by atoms with Crippen LogP contribution in [0.5, 0.6) is 0 Å². The van der Waals surface area contributed by atoms with E-state index in [4.69, 9.17) is 4.42 Å². The maximum Gasteiger partial charge on any atom is 0.320 e. The minimum absolute atomic E-state index is 0.180. The lowest BCUT2D eigenvalue weighted by atomic mass is 9.96. The molecule has 122 valence electrons. The highest BCUT2D eigenvalue weighted by atomic mass is 16.3. The van der Waals surface area contributed by atoms with Gasteiger partial charge in [-0.25, -0.2) is 9.78 Å². The first-order valence-electron chi connectivity index (χ1n) is 8.09. The third-order valence-electron chi connectivity index (χ3n) is 3.99. The van der Waals surface area contributed by atoms with Gasteiger partial charge in [0.2, 0.25) is 0 Å². The summed E-state index contributed by atoms with van der Waals surface area (Å²) in [6.45, 7) is 0.601. The fourth-order valence-corrected chi connectivity index (χ4v) is 2.76. The van der Waals surface area contributed by atoms with Crippen LogP contribution in [0.15, 0.2) is 41.1 Å². The lowest BCUT2D eigenvalue weighted by Gasteiger charge is -2.22. The number of amides is 2. The van der Waals surface area contributed by atoms with E-state index in [2.05, 4.69) is 20.9 Å². The van der Waals surface area contributed by atoms with Crippen molar-refractivity contribution in [3.8, 4) is 0 Å². The van der Waals surface area contributed by atoms with Gasteiger partial charge in [-0.05, 0) is 37.1 Å². The number of hydrogen-bond donors (Lipinski definition) is 3. The highest BCUT2D eigenvalue weighted by Gasteiger charge is 2.15. The predicted octanol–water partition coefficient (Wildman–Crippen LogP) is 3.74. The van der Waals surface area contributed by atoms with Gasteiger partial charge in [0, 0.05) is 6.04 Å². The Morgan fingerprint density at radius 3 is 2.78 bits per heavy atom. The van der Waals surface area contributed by atoms with Gasteiger partial charge >= 0.3 is 6.03 Å². The van der Waals surface area contributed by atoms with Crippen LogP contribution in [-0.2, 0) is 6.54 Å². The molecule has 6 heteroatoms. The number of carbonyl (C=O) groups excluding carboxylic acids is 1. The standard InChI is InChI=1S/C17H22N4O2/c22-17(20-13-5-2-1-3-6-13)21-16-9-8-14(11-19-16)18-12-15-7-4-10-23-15/h4,7-11,13,18H,1-3,5-6,12H2,(H2,19,20,21,22). The van der Waals surface area contributed by atoms with E-state index < -0.39 is 0 Å². The normalized spacial score (nSPS) is 15.1. The molecule has 1 saturated carbocycles. The monoisotopic (exact) mass is 314 g/mol. The molecule has 2 aromatic heterocycles. The number of hydrogen-bond acceptors (Lipinski definition) is 4. The minimum atomic E-state index is -0.180. The van der Waals surface area contributed by atoms with E-state index in [-0.39, 0.29) is 12.1 Å². The van der Waals surface area contributed by atoms with E-state index >= 15 is 0 Å². The molecule has 0 bridgehead atoms. The van der Waals surface area contributed by atoms with Crippen molar-refractivity contribution in [1.29, 1.82) is 0 Å². The first-order valence-corrected chi connectivity index (χ1v) is 8.09. The van der Waals surface area contributed by atoms with Crippen LogP contribution in [0, 0.1) is 0 Å². The molecule has 1 fully saturated rings. The molecule has 0 spiro atoms. The van der Waals surface area contributed by atoms with Crippen molar-refractivity contribution in [2.24, 2.45) is 0 Å². The number of furan rings is 1. The average Bonchev–Trinajstić information content (AvgIpc) is 3.08. The Labute approximate surface area is 135 Å². The molecule has 2 aromatic rings. The fraction of sp³-hybridized carbons (Fsp3) is 0.412. The van der Waals surface area contributed by atoms with Gasteiger partial charge < -0.3 is 15.1 Å². The Bertz CT molecular complexity index is 604. The van der Waals surface area contributed by atoms with Crippen molar-refractivity contribution in [2.45, 2.75) is 44.7 Å². The summed E-state index contributed by atoms with van der Waals surface area (Å²) in [6.07, 6.45) is 9.13. The lowest BCUT2D eigenvalue weighted by molar-refractivity contribution is 0.244. The van der Waals surface area contributed by atoms with Crippen molar-refractivity contribution < 1.29 is 9.21 Å². The summed E-state index contributed by atoms with van der Waals surface area (Å²) in [5.74, 6) is 1.40. The molecule has 1 aliphatic rings. The van der Waals surface area contributed by atoms with E-state index in [1.54, 1.807) is 18.5 Å². The minimum Gasteiger partial charge on any atom is -0.467 e. The lowest BCUT2D eigenvalue weighted by Crippen LogP contribution is -2.39. The zero-order chi connectivity index (χ0) is 15.9. The topological polar surface area (TPSA) is 79.2 Å². The first kappa shape index (κ1) is 15.4. The van der Waals surface area contributed by atoms with E-state index in [1.165, 1.54) is 19.3 Å². The summed E-state index contributed by atoms with van der Waals surface area (Å²) in [5.41, 5.74) is 0.875. The van der Waals surface area contributed by atoms with E-state index in [9.17, 15) is 4.79 Å². The van der Waals surface area contributed by atoms with Gasteiger partial charge in [0.25, 0.3) is 0 Å². The summed E-state index contributed by atoms with van der Waals surface area (Å²) in [5, 5.41) is 8.99. The Morgan fingerprint density at radius 1 is 1.22 bits per heavy atom. The van der Waals surface area contributed by atoms with Crippen LogP contribution in [-0.4, -0.2) is 17.1 Å². The molecule has 0 aromatic carbocycles. The Kier molecular flexibility index (Phi) is 5.13. The van der Waals surface area contributed by atoms with Crippen LogP contribution in [0.25, 0.3) is 0 Å². The highest BCUT2D eigenvalue weighted by molar-refractivity contribution is 5.88. The Morgan fingerprint density at radius 2 is 2.09 bits per heavy atom. The second-order valence-corrected chi connectivity index (χ2v) is 5.80. The third-order valence-corrected chi connectivity index (χ3v) is 3.99. The van der Waals surface area contributed by atoms with Crippen LogP contribution < -0.4 is 16.0 Å². The smallest absolute Gasteiger partial charge is 0.320 e. The Hall–Kier alpha value is -2.50. The number of carbonyl (C=O) groups is 1. The molecule has 2 amide bonds. The Balaban J connectivity index is 1.45. The molecule has 0 aliphatic heterocycles. The molecule has 3 N–H and O–H groups in total. The molecule has 0 radical (unpaired) electrons. The van der Waals surface area contributed by atoms with E-state index in [0.29, 0.717) is 12.4 Å². The molecule has 0 saturated heterocycles. The third kappa shape index (κ3) is 4.74. The zero-order valence-corrected chi connectivity index (χ0v) is 13.0. The molecule has 0 atom stereocenters. The quantitative estimate of drug-likeness (QED) is 0.785. The SMILES string of the molecule is O=C(Nc1ccc(NCc2ccco2)cn1)NC1CCCCC1. The first-order chi connectivity index (χ1) is 11.3. The van der Waals surface area contributed by atoms with Gasteiger partial charge in [-0.15, -0.1) is 0 Å². The summed E-state index contributed by atoms with van der Waals surface area (Å²) < 4.78 is 5.26. The predicted molar refractivity (Wildman–Crippen MR) is 89.3 cm³/mol. The van der Waals surface area contributed by atoms with Crippen LogP contribution in [0.2, 0.25) is 0 Å². The number of aromatic nitrogens is 1. The average molecular weight is 314 g/mol. The van der Waals surface area contributed by atoms with Crippen molar-refractivity contribution in [2.75, 3.05) is 10.6 Å². The van der Waals surface area contributed by atoms with E-state index in [0.717, 1.165) is 24.3 Å². The number of pyridine rings is 1. The second kappa shape index (κ2) is 7.67. The van der Waals surface area contributed by atoms with Crippen LogP contribution in [0.3, 0.4) is 0 Å². The van der Waals surface area contributed by atoms with Crippen LogP contribution in [0.1, 0.15) is 37.9 Å². The van der Waals surface area contributed by atoms with Gasteiger partial charge in [0.05, 0.1) is 24.7 Å². The number of anilines is 2. The van der Waals surface area contributed by atoms with Crippen molar-refractivity contribution in [1.82, 2.24) is 10.3 Å². The van der Waals surface area contributed by atoms with Crippen molar-refractivity contribution in [3.63, 3.8) is 0 Å². The summed E-state index contributed by atoms with van der Waals surface area (Å²) in [6, 6.07) is 7.54. The maximum absolute atomic E-state index is 12.0. The molecule has 0 unspecified atom stereocenters. The van der Waals surface area contributed by atoms with Crippen molar-refractivity contribution in [3.05, 3.63) is 42.5 Å². The van der Waals surface area contributed by atoms with Gasteiger partial charge in [0.1, 0.15) is 11.6 Å². The van der Waals surface area contributed by atoms with Gasteiger partial charge in [0.15, 0.2) is 0 Å². The maximum atomic E-state index is 12.0. The molecule has 3 rings (SSSR count).